The predicted molar refractivity (Wildman–Crippen MR) is 81.6 cm³/mol. The summed E-state index contributed by atoms with van der Waals surface area (Å²) in [6.07, 6.45) is -3.20. The van der Waals surface area contributed by atoms with E-state index in [-0.39, 0.29) is 12.0 Å². The zero-order valence-electron chi connectivity index (χ0n) is 13.5. The maximum Gasteiger partial charge on any atom is 0.278 e. The number of halogens is 2. The summed E-state index contributed by atoms with van der Waals surface area (Å²) in [6.45, 7) is 5.02. The van der Waals surface area contributed by atoms with Gasteiger partial charge in [-0.1, -0.05) is 20.8 Å². The van der Waals surface area contributed by atoms with E-state index in [0.717, 1.165) is 5.01 Å². The van der Waals surface area contributed by atoms with Gasteiger partial charge < -0.3 is 9.84 Å². The largest absolute Gasteiger partial charge is 0.497 e. The van der Waals surface area contributed by atoms with Crippen LogP contribution >= 0.6 is 0 Å². The molecule has 0 fully saturated rings. The third-order valence-electron chi connectivity index (χ3n) is 3.99. The van der Waals surface area contributed by atoms with Gasteiger partial charge in [0, 0.05) is 17.4 Å². The lowest BCUT2D eigenvalue weighted by atomic mass is 9.80. The Morgan fingerprint density at radius 3 is 2.35 bits per heavy atom. The molecule has 0 aliphatic carbocycles. The highest BCUT2D eigenvalue weighted by Gasteiger charge is 2.53. The number of aliphatic hydroxyl groups is 1. The van der Waals surface area contributed by atoms with Crippen LogP contribution in [0.5, 0.6) is 5.75 Å². The quantitative estimate of drug-likeness (QED) is 0.929. The molecule has 1 amide bonds. The number of hydrogen-bond donors (Lipinski definition) is 1. The number of carbonyl (C=O) groups excluding carboxylic acids is 1. The van der Waals surface area contributed by atoms with Crippen molar-refractivity contribution in [1.29, 1.82) is 0 Å². The van der Waals surface area contributed by atoms with Crippen molar-refractivity contribution in [3.05, 3.63) is 29.8 Å². The molecule has 1 N–H and O–H groups in total. The van der Waals surface area contributed by atoms with Crippen LogP contribution in [-0.4, -0.2) is 41.0 Å². The van der Waals surface area contributed by atoms with Gasteiger partial charge in [-0.2, -0.15) is 10.1 Å². The molecule has 1 atom stereocenters. The Bertz CT molecular complexity index is 623. The molecule has 23 heavy (non-hydrogen) atoms. The minimum atomic E-state index is -2.82. The molecular weight excluding hydrogens is 306 g/mol. The number of ether oxygens (including phenoxy) is 1. The van der Waals surface area contributed by atoms with E-state index in [4.69, 9.17) is 4.74 Å². The first-order valence-electron chi connectivity index (χ1n) is 7.16. The molecule has 0 saturated heterocycles. The van der Waals surface area contributed by atoms with Crippen molar-refractivity contribution in [2.75, 3.05) is 7.11 Å². The number of alkyl halides is 2. The average Bonchev–Trinajstić information content (AvgIpc) is 2.86. The second kappa shape index (κ2) is 5.88. The van der Waals surface area contributed by atoms with Crippen molar-refractivity contribution in [3.8, 4) is 5.75 Å². The minimum Gasteiger partial charge on any atom is -0.497 e. The first-order chi connectivity index (χ1) is 10.6. The molecule has 0 aromatic heterocycles. The highest BCUT2D eigenvalue weighted by atomic mass is 19.3. The number of benzene rings is 1. The molecule has 0 radical (unpaired) electrons. The van der Waals surface area contributed by atoms with Gasteiger partial charge >= 0.3 is 0 Å². The molecule has 1 aliphatic rings. The number of hydrogen-bond acceptors (Lipinski definition) is 4. The van der Waals surface area contributed by atoms with Crippen LogP contribution < -0.4 is 4.74 Å². The maximum absolute atomic E-state index is 13.0. The average molecular weight is 326 g/mol. The fourth-order valence-corrected chi connectivity index (χ4v) is 2.35. The lowest BCUT2D eigenvalue weighted by Gasteiger charge is -2.41. The molecule has 2 rings (SSSR count). The summed E-state index contributed by atoms with van der Waals surface area (Å²) >= 11 is 0. The van der Waals surface area contributed by atoms with Crippen LogP contribution in [-0.2, 0) is 0 Å². The van der Waals surface area contributed by atoms with E-state index in [1.54, 1.807) is 32.9 Å². The zero-order valence-corrected chi connectivity index (χ0v) is 13.5. The lowest BCUT2D eigenvalue weighted by molar-refractivity contribution is -0.143. The Labute approximate surface area is 133 Å². The van der Waals surface area contributed by atoms with Gasteiger partial charge in [-0.15, -0.1) is 0 Å². The van der Waals surface area contributed by atoms with Gasteiger partial charge in [0.15, 0.2) is 5.72 Å². The maximum atomic E-state index is 13.0. The molecule has 0 spiro atoms. The first-order valence-corrected chi connectivity index (χ1v) is 7.16. The number of rotatable bonds is 3. The van der Waals surface area contributed by atoms with E-state index in [1.807, 2.05) is 0 Å². The van der Waals surface area contributed by atoms with Gasteiger partial charge in [-0.25, -0.2) is 8.78 Å². The normalized spacial score (nSPS) is 21.6. The smallest absolute Gasteiger partial charge is 0.278 e. The topological polar surface area (TPSA) is 62.1 Å². The van der Waals surface area contributed by atoms with E-state index in [1.165, 1.54) is 19.2 Å². The molecule has 1 unspecified atom stereocenters. The standard InChI is InChI=1S/C16H20F2N2O3/c1-15(2,3)16(22)9-12(13(17)18)19-20(16)14(21)10-5-7-11(23-4)8-6-10/h5-8,13,22H,9H2,1-4H3. The van der Waals surface area contributed by atoms with Crippen LogP contribution in [0.1, 0.15) is 37.6 Å². The second-order valence-electron chi connectivity index (χ2n) is 6.48. The molecule has 1 aliphatic heterocycles. The van der Waals surface area contributed by atoms with E-state index in [0.29, 0.717) is 5.75 Å². The second-order valence-corrected chi connectivity index (χ2v) is 6.48. The molecule has 1 aromatic carbocycles. The Hall–Kier alpha value is -2.02. The Morgan fingerprint density at radius 1 is 1.35 bits per heavy atom. The van der Waals surface area contributed by atoms with E-state index >= 15 is 0 Å². The SMILES string of the molecule is COc1ccc(C(=O)N2N=C(C(F)F)CC2(O)C(C)(C)C)cc1. The number of methoxy groups -OCH3 is 1. The van der Waals surface area contributed by atoms with Crippen molar-refractivity contribution in [1.82, 2.24) is 5.01 Å². The number of amides is 1. The highest BCUT2D eigenvalue weighted by Crippen LogP contribution is 2.42. The summed E-state index contributed by atoms with van der Waals surface area (Å²) in [5.41, 5.74) is -2.93. The fourth-order valence-electron chi connectivity index (χ4n) is 2.35. The van der Waals surface area contributed by atoms with Crippen LogP contribution in [0.4, 0.5) is 8.78 Å². The number of hydrazone groups is 1. The van der Waals surface area contributed by atoms with Gasteiger partial charge in [0.05, 0.1) is 7.11 Å². The van der Waals surface area contributed by atoms with Crippen molar-refractivity contribution in [2.24, 2.45) is 10.5 Å². The van der Waals surface area contributed by atoms with Crippen LogP contribution in [0.25, 0.3) is 0 Å². The van der Waals surface area contributed by atoms with Crippen molar-refractivity contribution in [3.63, 3.8) is 0 Å². The lowest BCUT2D eigenvalue weighted by Crippen LogP contribution is -2.55. The summed E-state index contributed by atoms with van der Waals surface area (Å²) in [6, 6.07) is 6.16. The third-order valence-corrected chi connectivity index (χ3v) is 3.99. The van der Waals surface area contributed by atoms with Crippen molar-refractivity contribution in [2.45, 2.75) is 39.3 Å². The molecule has 0 saturated carbocycles. The van der Waals surface area contributed by atoms with Gasteiger partial charge in [0.25, 0.3) is 12.3 Å². The van der Waals surface area contributed by atoms with Crippen LogP contribution in [0.3, 0.4) is 0 Å². The van der Waals surface area contributed by atoms with E-state index in [9.17, 15) is 18.7 Å². The van der Waals surface area contributed by atoms with Crippen LogP contribution in [0.2, 0.25) is 0 Å². The summed E-state index contributed by atoms with van der Waals surface area (Å²) in [4.78, 5) is 12.7. The zero-order chi connectivity index (χ0) is 17.4. The molecule has 1 heterocycles. The molecule has 5 nitrogen and oxygen atoms in total. The van der Waals surface area contributed by atoms with Crippen LogP contribution in [0.15, 0.2) is 29.4 Å². The predicted octanol–water partition coefficient (Wildman–Crippen LogP) is 2.90. The fraction of sp³-hybridized carbons (Fsp3) is 0.500. The molecule has 0 bridgehead atoms. The van der Waals surface area contributed by atoms with Crippen LogP contribution in [0, 0.1) is 5.41 Å². The van der Waals surface area contributed by atoms with Gasteiger partial charge in [-0.3, -0.25) is 4.79 Å². The van der Waals surface area contributed by atoms with E-state index < -0.39 is 29.2 Å². The van der Waals surface area contributed by atoms with Gasteiger partial charge in [0.1, 0.15) is 11.5 Å². The number of nitrogens with zero attached hydrogens (tertiary/aromatic N) is 2. The van der Waals surface area contributed by atoms with Gasteiger partial charge in [-0.05, 0) is 24.3 Å². The van der Waals surface area contributed by atoms with Crippen molar-refractivity contribution >= 4 is 11.6 Å². The van der Waals surface area contributed by atoms with Crippen molar-refractivity contribution < 1.29 is 23.4 Å². The monoisotopic (exact) mass is 326 g/mol. The Balaban J connectivity index is 2.41. The summed E-state index contributed by atoms with van der Waals surface area (Å²) in [5, 5.41) is 15.3. The molecule has 1 aromatic rings. The highest BCUT2D eigenvalue weighted by molar-refractivity contribution is 5.99. The number of carbonyl (C=O) groups is 1. The summed E-state index contributed by atoms with van der Waals surface area (Å²) < 4.78 is 31.0. The summed E-state index contributed by atoms with van der Waals surface area (Å²) in [5.74, 6) is -0.0773. The molecular formula is C16H20F2N2O3. The Kier molecular flexibility index (Phi) is 4.43. The third kappa shape index (κ3) is 3.06. The van der Waals surface area contributed by atoms with E-state index in [2.05, 4.69) is 5.10 Å². The summed E-state index contributed by atoms with van der Waals surface area (Å²) in [7, 11) is 1.49. The minimum absolute atomic E-state index is 0.229. The molecule has 126 valence electrons. The molecule has 7 heteroatoms. The van der Waals surface area contributed by atoms with Gasteiger partial charge in [0.2, 0.25) is 0 Å². The Morgan fingerprint density at radius 2 is 1.91 bits per heavy atom. The first kappa shape index (κ1) is 17.3.